The van der Waals surface area contributed by atoms with Gasteiger partial charge in [-0.15, -0.1) is 11.8 Å². The van der Waals surface area contributed by atoms with Crippen LogP contribution in [0.1, 0.15) is 16.8 Å². The van der Waals surface area contributed by atoms with Gasteiger partial charge < -0.3 is 10.9 Å². The zero-order valence-electron chi connectivity index (χ0n) is 10.6. The summed E-state index contributed by atoms with van der Waals surface area (Å²) in [7, 11) is 0. The second-order valence-corrected chi connectivity index (χ2v) is 5.12. The van der Waals surface area contributed by atoms with E-state index in [1.165, 1.54) is 11.1 Å². The van der Waals surface area contributed by atoms with Crippen LogP contribution in [0.15, 0.2) is 52.6 Å². The van der Waals surface area contributed by atoms with Gasteiger partial charge in [-0.2, -0.15) is 0 Å². The van der Waals surface area contributed by atoms with Crippen LogP contribution in [0.5, 0.6) is 0 Å². The molecule has 4 nitrogen and oxygen atoms in total. The Labute approximate surface area is 116 Å². The van der Waals surface area contributed by atoms with Crippen molar-refractivity contribution in [2.24, 2.45) is 10.9 Å². The largest absolute Gasteiger partial charge is 0.409 e. The SMILES string of the molecule is Cc1cccc(CSc2cccc(C(N)=NO)n2)c1. The molecule has 0 saturated heterocycles. The molecule has 0 atom stereocenters. The van der Waals surface area contributed by atoms with E-state index in [1.54, 1.807) is 17.8 Å². The summed E-state index contributed by atoms with van der Waals surface area (Å²) in [5.74, 6) is 0.868. The molecule has 0 fully saturated rings. The average Bonchev–Trinajstić information content (AvgIpc) is 2.45. The lowest BCUT2D eigenvalue weighted by Gasteiger charge is -2.04. The third-order valence-electron chi connectivity index (χ3n) is 2.56. The number of hydrogen-bond donors (Lipinski definition) is 2. The van der Waals surface area contributed by atoms with Crippen molar-refractivity contribution in [1.29, 1.82) is 0 Å². The van der Waals surface area contributed by atoms with Crippen LogP contribution in [0.4, 0.5) is 0 Å². The number of aromatic nitrogens is 1. The topological polar surface area (TPSA) is 71.5 Å². The van der Waals surface area contributed by atoms with Crippen molar-refractivity contribution in [3.05, 3.63) is 59.3 Å². The molecule has 0 radical (unpaired) electrons. The Hall–Kier alpha value is -2.01. The number of benzene rings is 1. The molecule has 1 aromatic carbocycles. The van der Waals surface area contributed by atoms with Gasteiger partial charge in [0.25, 0.3) is 0 Å². The fourth-order valence-corrected chi connectivity index (χ4v) is 2.48. The number of oxime groups is 1. The van der Waals surface area contributed by atoms with Crippen LogP contribution >= 0.6 is 11.8 Å². The van der Waals surface area contributed by atoms with E-state index in [9.17, 15) is 0 Å². The van der Waals surface area contributed by atoms with Crippen LogP contribution in [0.2, 0.25) is 0 Å². The van der Waals surface area contributed by atoms with E-state index in [-0.39, 0.29) is 5.84 Å². The summed E-state index contributed by atoms with van der Waals surface area (Å²) in [6, 6.07) is 13.8. The lowest BCUT2D eigenvalue weighted by molar-refractivity contribution is 0.318. The Morgan fingerprint density at radius 2 is 2.11 bits per heavy atom. The molecule has 0 bridgehead atoms. The summed E-state index contributed by atoms with van der Waals surface area (Å²) in [6.07, 6.45) is 0. The minimum Gasteiger partial charge on any atom is -0.409 e. The van der Waals surface area contributed by atoms with Gasteiger partial charge in [-0.1, -0.05) is 41.1 Å². The van der Waals surface area contributed by atoms with E-state index >= 15 is 0 Å². The van der Waals surface area contributed by atoms with Crippen molar-refractivity contribution in [2.45, 2.75) is 17.7 Å². The molecule has 0 spiro atoms. The second-order valence-electron chi connectivity index (χ2n) is 4.12. The fraction of sp³-hybridized carbons (Fsp3) is 0.143. The van der Waals surface area contributed by atoms with Gasteiger partial charge >= 0.3 is 0 Å². The number of thioether (sulfide) groups is 1. The fourth-order valence-electron chi connectivity index (χ4n) is 1.65. The predicted molar refractivity (Wildman–Crippen MR) is 77.5 cm³/mol. The first-order valence-corrected chi connectivity index (χ1v) is 6.81. The molecule has 0 unspecified atom stereocenters. The minimum absolute atomic E-state index is 0.0259. The monoisotopic (exact) mass is 273 g/mol. The first-order valence-electron chi connectivity index (χ1n) is 5.82. The Kier molecular flexibility index (Phi) is 4.41. The first-order chi connectivity index (χ1) is 9.19. The summed E-state index contributed by atoms with van der Waals surface area (Å²) < 4.78 is 0. The molecule has 0 saturated carbocycles. The molecule has 2 aromatic rings. The summed E-state index contributed by atoms with van der Waals surface area (Å²) in [5, 5.41) is 12.4. The number of nitrogens with two attached hydrogens (primary N) is 1. The summed E-state index contributed by atoms with van der Waals surface area (Å²) in [6.45, 7) is 2.07. The van der Waals surface area contributed by atoms with E-state index in [1.807, 2.05) is 18.2 Å². The Morgan fingerprint density at radius 1 is 1.32 bits per heavy atom. The van der Waals surface area contributed by atoms with Crippen LogP contribution in [0.25, 0.3) is 0 Å². The molecule has 0 aliphatic rings. The lowest BCUT2D eigenvalue weighted by atomic mass is 10.2. The summed E-state index contributed by atoms with van der Waals surface area (Å²) in [4.78, 5) is 4.33. The first kappa shape index (κ1) is 13.4. The van der Waals surface area contributed by atoms with Gasteiger partial charge in [-0.25, -0.2) is 4.98 Å². The van der Waals surface area contributed by atoms with E-state index in [0.29, 0.717) is 5.69 Å². The zero-order valence-corrected chi connectivity index (χ0v) is 11.4. The number of hydrogen-bond acceptors (Lipinski definition) is 4. The van der Waals surface area contributed by atoms with Crippen LogP contribution in [-0.4, -0.2) is 16.0 Å². The molecular formula is C14H15N3OS. The van der Waals surface area contributed by atoms with Crippen molar-refractivity contribution in [3.8, 4) is 0 Å². The molecule has 1 aromatic heterocycles. The quantitative estimate of drug-likeness (QED) is 0.295. The number of amidine groups is 1. The van der Waals surface area contributed by atoms with Gasteiger partial charge in [-0.3, -0.25) is 0 Å². The molecule has 5 heteroatoms. The van der Waals surface area contributed by atoms with Crippen LogP contribution < -0.4 is 5.73 Å². The second kappa shape index (κ2) is 6.24. The maximum absolute atomic E-state index is 8.63. The predicted octanol–water partition coefficient (Wildman–Crippen LogP) is 2.78. The van der Waals surface area contributed by atoms with Crippen molar-refractivity contribution >= 4 is 17.6 Å². The molecule has 0 amide bonds. The molecular weight excluding hydrogens is 258 g/mol. The smallest absolute Gasteiger partial charge is 0.188 e. The van der Waals surface area contributed by atoms with Gasteiger partial charge in [0.2, 0.25) is 0 Å². The van der Waals surface area contributed by atoms with Crippen molar-refractivity contribution < 1.29 is 5.21 Å². The molecule has 2 rings (SSSR count). The summed E-state index contributed by atoms with van der Waals surface area (Å²) in [5.41, 5.74) is 8.50. The zero-order chi connectivity index (χ0) is 13.7. The van der Waals surface area contributed by atoms with E-state index in [0.717, 1.165) is 10.8 Å². The highest BCUT2D eigenvalue weighted by Gasteiger charge is 2.03. The van der Waals surface area contributed by atoms with Gasteiger partial charge in [0.15, 0.2) is 5.84 Å². The Bertz CT molecular complexity index is 599. The lowest BCUT2D eigenvalue weighted by Crippen LogP contribution is -2.14. The normalized spacial score (nSPS) is 11.5. The highest BCUT2D eigenvalue weighted by molar-refractivity contribution is 7.98. The van der Waals surface area contributed by atoms with Gasteiger partial charge in [-0.05, 0) is 24.6 Å². The van der Waals surface area contributed by atoms with E-state index in [2.05, 4.69) is 35.3 Å². The minimum atomic E-state index is 0.0259. The van der Waals surface area contributed by atoms with Gasteiger partial charge in [0, 0.05) is 5.75 Å². The third-order valence-corrected chi connectivity index (χ3v) is 3.56. The summed E-state index contributed by atoms with van der Waals surface area (Å²) >= 11 is 1.62. The van der Waals surface area contributed by atoms with Gasteiger partial charge in [0.05, 0.1) is 5.03 Å². The van der Waals surface area contributed by atoms with Crippen molar-refractivity contribution in [3.63, 3.8) is 0 Å². The molecule has 98 valence electrons. The molecule has 3 N–H and O–H groups in total. The number of aryl methyl sites for hydroxylation is 1. The standard InChI is InChI=1S/C14H15N3OS/c1-10-4-2-5-11(8-10)9-19-13-7-3-6-12(16-13)14(15)17-18/h2-8,18H,9H2,1H3,(H2,15,17). The Morgan fingerprint density at radius 3 is 2.84 bits per heavy atom. The van der Waals surface area contributed by atoms with Crippen molar-refractivity contribution in [2.75, 3.05) is 0 Å². The van der Waals surface area contributed by atoms with Gasteiger partial charge in [0.1, 0.15) is 5.69 Å². The van der Waals surface area contributed by atoms with Crippen LogP contribution in [0.3, 0.4) is 0 Å². The Balaban J connectivity index is 2.08. The third kappa shape index (κ3) is 3.72. The van der Waals surface area contributed by atoms with Crippen LogP contribution in [0, 0.1) is 6.92 Å². The maximum atomic E-state index is 8.63. The molecule has 0 aliphatic heterocycles. The molecule has 0 aliphatic carbocycles. The maximum Gasteiger partial charge on any atom is 0.188 e. The van der Waals surface area contributed by atoms with E-state index < -0.39 is 0 Å². The number of rotatable bonds is 4. The average molecular weight is 273 g/mol. The highest BCUT2D eigenvalue weighted by Crippen LogP contribution is 2.21. The molecule has 1 heterocycles. The van der Waals surface area contributed by atoms with Crippen LogP contribution in [-0.2, 0) is 5.75 Å². The molecule has 19 heavy (non-hydrogen) atoms. The number of pyridine rings is 1. The van der Waals surface area contributed by atoms with Crippen molar-refractivity contribution in [1.82, 2.24) is 4.98 Å². The van der Waals surface area contributed by atoms with E-state index in [4.69, 9.17) is 10.9 Å². The number of nitrogens with zero attached hydrogens (tertiary/aromatic N) is 2. The highest BCUT2D eigenvalue weighted by atomic mass is 32.2.